The number of aliphatic hydroxyl groups excluding tert-OH is 1. The fourth-order valence-corrected chi connectivity index (χ4v) is 4.10. The Labute approximate surface area is 190 Å². The Hall–Kier alpha value is -2.83. The highest BCUT2D eigenvalue weighted by Gasteiger charge is 2.22. The van der Waals surface area contributed by atoms with Gasteiger partial charge in [0, 0.05) is 18.2 Å². The molecule has 0 spiro atoms. The first-order chi connectivity index (χ1) is 15.0. The van der Waals surface area contributed by atoms with Gasteiger partial charge in [-0.15, -0.1) is 0 Å². The summed E-state index contributed by atoms with van der Waals surface area (Å²) in [7, 11) is 1.63. The van der Waals surface area contributed by atoms with Crippen molar-refractivity contribution in [3.8, 4) is 28.6 Å². The van der Waals surface area contributed by atoms with Gasteiger partial charge in [0.1, 0.15) is 34.1 Å². The average molecular weight is 481 g/mol. The van der Waals surface area contributed by atoms with Crippen LogP contribution in [0.3, 0.4) is 0 Å². The fraction of sp³-hybridized carbons (Fsp3) is 0.240. The van der Waals surface area contributed by atoms with Crippen molar-refractivity contribution in [2.45, 2.75) is 26.3 Å². The topological polar surface area (TPSA) is 56.5 Å². The van der Waals surface area contributed by atoms with Gasteiger partial charge in [-0.3, -0.25) is 0 Å². The van der Waals surface area contributed by atoms with E-state index in [-0.39, 0.29) is 6.61 Å². The molecule has 0 saturated heterocycles. The molecule has 6 heteroatoms. The monoisotopic (exact) mass is 480 g/mol. The van der Waals surface area contributed by atoms with Crippen molar-refractivity contribution in [1.82, 2.24) is 9.55 Å². The lowest BCUT2D eigenvalue weighted by molar-refractivity contribution is 0.278. The number of fused-ring (bicyclic) bond motifs is 1. The van der Waals surface area contributed by atoms with E-state index in [1.807, 2.05) is 41.0 Å². The number of aliphatic hydroxyl groups is 1. The number of hydrogen-bond acceptors (Lipinski definition) is 4. The smallest absolute Gasteiger partial charge is 0.148 e. The number of hydrogen-bond donors (Lipinski definition) is 1. The van der Waals surface area contributed by atoms with Crippen LogP contribution in [0.15, 0.2) is 65.1 Å². The number of ether oxygens (including phenoxy) is 2. The predicted molar refractivity (Wildman–Crippen MR) is 127 cm³/mol. The van der Waals surface area contributed by atoms with Gasteiger partial charge in [-0.05, 0) is 39.5 Å². The van der Waals surface area contributed by atoms with Crippen molar-refractivity contribution in [3.63, 3.8) is 0 Å². The van der Waals surface area contributed by atoms with Crippen molar-refractivity contribution in [1.29, 1.82) is 0 Å². The molecule has 0 aliphatic carbocycles. The molecule has 0 bridgehead atoms. The van der Waals surface area contributed by atoms with E-state index in [1.165, 1.54) is 5.56 Å². The molecule has 0 amide bonds. The lowest BCUT2D eigenvalue weighted by Crippen LogP contribution is -2.05. The summed E-state index contributed by atoms with van der Waals surface area (Å²) in [6.45, 7) is 4.74. The number of imidazole rings is 1. The van der Waals surface area contributed by atoms with E-state index in [2.05, 4.69) is 54.0 Å². The van der Waals surface area contributed by atoms with Gasteiger partial charge in [0.2, 0.25) is 0 Å². The molecule has 0 unspecified atom stereocenters. The van der Waals surface area contributed by atoms with E-state index in [0.717, 1.165) is 32.6 Å². The SMILES string of the molecule is COc1cc(Oc2ccccc2)c(Br)c2nc(-c3ccc(C(C)C)cc3)n(CCO)c12. The minimum absolute atomic E-state index is 0.00836. The van der Waals surface area contributed by atoms with Gasteiger partial charge < -0.3 is 19.1 Å². The van der Waals surface area contributed by atoms with Gasteiger partial charge >= 0.3 is 0 Å². The van der Waals surface area contributed by atoms with Crippen LogP contribution in [0.1, 0.15) is 25.3 Å². The molecule has 0 fully saturated rings. The van der Waals surface area contributed by atoms with Gasteiger partial charge in [0.25, 0.3) is 0 Å². The summed E-state index contributed by atoms with van der Waals surface area (Å²) in [4.78, 5) is 4.93. The molecule has 31 heavy (non-hydrogen) atoms. The van der Waals surface area contributed by atoms with Crippen LogP contribution >= 0.6 is 15.9 Å². The number of methoxy groups -OCH3 is 1. The third kappa shape index (κ3) is 4.18. The zero-order valence-electron chi connectivity index (χ0n) is 17.8. The standard InChI is InChI=1S/C25H25BrN2O3/c1-16(2)17-9-11-18(12-10-17)25-27-23-22(26)20(31-19-7-5-4-6-8-19)15-21(30-3)24(23)28(25)13-14-29/h4-12,15-16,29H,13-14H2,1-3H3. The highest BCUT2D eigenvalue weighted by molar-refractivity contribution is 9.10. The number of benzene rings is 3. The first-order valence-electron chi connectivity index (χ1n) is 10.2. The molecule has 3 aromatic carbocycles. The zero-order chi connectivity index (χ0) is 22.0. The third-order valence-corrected chi connectivity index (χ3v) is 6.00. The largest absolute Gasteiger partial charge is 0.494 e. The van der Waals surface area contributed by atoms with Crippen LogP contribution in [-0.2, 0) is 6.54 Å². The van der Waals surface area contributed by atoms with E-state index in [1.54, 1.807) is 7.11 Å². The molecular formula is C25H25BrN2O3. The third-order valence-electron chi connectivity index (χ3n) is 5.24. The highest BCUT2D eigenvalue weighted by Crippen LogP contribution is 2.42. The number of aromatic nitrogens is 2. The molecule has 5 nitrogen and oxygen atoms in total. The molecule has 1 aromatic heterocycles. The lowest BCUT2D eigenvalue weighted by atomic mass is 10.0. The Morgan fingerprint density at radius 1 is 1.03 bits per heavy atom. The van der Waals surface area contributed by atoms with Crippen LogP contribution in [0.25, 0.3) is 22.4 Å². The Kier molecular flexibility index (Phi) is 6.30. The maximum atomic E-state index is 9.74. The molecule has 1 heterocycles. The first-order valence-corrected chi connectivity index (χ1v) is 11.0. The van der Waals surface area contributed by atoms with Crippen LogP contribution in [-0.4, -0.2) is 28.4 Å². The molecule has 160 valence electrons. The number of halogens is 1. The number of para-hydroxylation sites is 1. The summed E-state index contributed by atoms with van der Waals surface area (Å²) in [6.07, 6.45) is 0. The molecule has 0 saturated carbocycles. The quantitative estimate of drug-likeness (QED) is 0.333. The van der Waals surface area contributed by atoms with Crippen molar-refractivity contribution in [3.05, 3.63) is 70.7 Å². The maximum Gasteiger partial charge on any atom is 0.148 e. The summed E-state index contributed by atoms with van der Waals surface area (Å²) >= 11 is 3.69. The average Bonchev–Trinajstić information content (AvgIpc) is 3.16. The number of nitrogens with zero attached hydrogens (tertiary/aromatic N) is 2. The molecule has 4 rings (SSSR count). The van der Waals surface area contributed by atoms with Crippen molar-refractivity contribution < 1.29 is 14.6 Å². The van der Waals surface area contributed by atoms with Crippen molar-refractivity contribution >= 4 is 27.0 Å². The summed E-state index contributed by atoms with van der Waals surface area (Å²) in [6, 6.07) is 19.8. The Morgan fingerprint density at radius 2 is 1.74 bits per heavy atom. The van der Waals surface area contributed by atoms with E-state index in [4.69, 9.17) is 14.5 Å². The van der Waals surface area contributed by atoms with Crippen LogP contribution in [0.5, 0.6) is 17.2 Å². The van der Waals surface area contributed by atoms with Crippen LogP contribution in [0.4, 0.5) is 0 Å². The molecule has 0 aliphatic heterocycles. The minimum atomic E-state index is -0.00836. The second-order valence-corrected chi connectivity index (χ2v) is 8.38. The second kappa shape index (κ2) is 9.12. The maximum absolute atomic E-state index is 9.74. The summed E-state index contributed by atoms with van der Waals surface area (Å²) in [5.41, 5.74) is 3.79. The van der Waals surface area contributed by atoms with Crippen molar-refractivity contribution in [2.75, 3.05) is 13.7 Å². The van der Waals surface area contributed by atoms with Crippen LogP contribution in [0, 0.1) is 0 Å². The van der Waals surface area contributed by atoms with Gasteiger partial charge in [-0.2, -0.15) is 0 Å². The minimum Gasteiger partial charge on any atom is -0.494 e. The Morgan fingerprint density at radius 3 is 2.35 bits per heavy atom. The van der Waals surface area contributed by atoms with Crippen LogP contribution in [0.2, 0.25) is 0 Å². The molecule has 0 aliphatic rings. The fourth-order valence-electron chi connectivity index (χ4n) is 3.62. The number of rotatable bonds is 7. The van der Waals surface area contributed by atoms with Gasteiger partial charge in [-0.1, -0.05) is 56.3 Å². The Balaban J connectivity index is 1.89. The van der Waals surface area contributed by atoms with Crippen molar-refractivity contribution in [2.24, 2.45) is 0 Å². The first kappa shape index (κ1) is 21.4. The summed E-state index contributed by atoms with van der Waals surface area (Å²) in [5, 5.41) is 9.74. The van der Waals surface area contributed by atoms with E-state index < -0.39 is 0 Å². The zero-order valence-corrected chi connectivity index (χ0v) is 19.4. The van der Waals surface area contributed by atoms with Gasteiger partial charge in [0.15, 0.2) is 0 Å². The van der Waals surface area contributed by atoms with E-state index >= 15 is 0 Å². The van der Waals surface area contributed by atoms with Gasteiger partial charge in [-0.25, -0.2) is 4.98 Å². The molecule has 4 aromatic rings. The molecule has 1 N–H and O–H groups in total. The highest BCUT2D eigenvalue weighted by atomic mass is 79.9. The lowest BCUT2D eigenvalue weighted by Gasteiger charge is -2.13. The molecule has 0 radical (unpaired) electrons. The van der Waals surface area contributed by atoms with Crippen LogP contribution < -0.4 is 9.47 Å². The Bertz CT molecular complexity index is 1190. The molecular weight excluding hydrogens is 456 g/mol. The second-order valence-electron chi connectivity index (χ2n) is 7.59. The summed E-state index contributed by atoms with van der Waals surface area (Å²) < 4.78 is 14.5. The van der Waals surface area contributed by atoms with E-state index in [0.29, 0.717) is 24.0 Å². The molecule has 0 atom stereocenters. The normalized spacial score (nSPS) is 11.3. The van der Waals surface area contributed by atoms with Gasteiger partial charge in [0.05, 0.1) is 18.2 Å². The summed E-state index contributed by atoms with van der Waals surface area (Å²) in [5.74, 6) is 3.21. The predicted octanol–water partition coefficient (Wildman–Crippen LogP) is 6.38. The van der Waals surface area contributed by atoms with E-state index in [9.17, 15) is 5.11 Å².